The molecule has 0 atom stereocenters. The van der Waals surface area contributed by atoms with Crippen LogP contribution in [0.5, 0.6) is 5.75 Å². The molecule has 1 heteroatoms. The van der Waals surface area contributed by atoms with E-state index >= 15 is 0 Å². The maximum absolute atomic E-state index is 5.73. The molecular formula is C25H43O. The molecule has 0 saturated heterocycles. The minimum atomic E-state index is 0.861. The Hall–Kier alpha value is -0.980. The van der Waals surface area contributed by atoms with E-state index in [1.807, 2.05) is 30.3 Å². The van der Waals surface area contributed by atoms with E-state index in [9.17, 15) is 0 Å². The summed E-state index contributed by atoms with van der Waals surface area (Å²) in [7, 11) is 0. The normalized spacial score (nSPS) is 11.0. The van der Waals surface area contributed by atoms with E-state index in [-0.39, 0.29) is 0 Å². The number of benzene rings is 1. The fourth-order valence-electron chi connectivity index (χ4n) is 3.46. The monoisotopic (exact) mass is 359 g/mol. The highest BCUT2D eigenvalue weighted by Crippen LogP contribution is 2.14. The maximum atomic E-state index is 5.73. The second-order valence-electron chi connectivity index (χ2n) is 7.67. The highest BCUT2D eigenvalue weighted by Gasteiger charge is 1.95. The van der Waals surface area contributed by atoms with Crippen LogP contribution in [0.15, 0.2) is 30.3 Å². The maximum Gasteiger partial charge on any atom is 0.119 e. The van der Waals surface area contributed by atoms with Gasteiger partial charge in [0.1, 0.15) is 5.75 Å². The zero-order chi connectivity index (χ0) is 18.5. The highest BCUT2D eigenvalue weighted by atomic mass is 16.5. The zero-order valence-electron chi connectivity index (χ0n) is 17.2. The van der Waals surface area contributed by atoms with Crippen molar-refractivity contribution in [3.63, 3.8) is 0 Å². The molecule has 0 fully saturated rings. The van der Waals surface area contributed by atoms with E-state index in [4.69, 9.17) is 4.74 Å². The first-order valence-electron chi connectivity index (χ1n) is 11.4. The van der Waals surface area contributed by atoms with Gasteiger partial charge >= 0.3 is 0 Å². The molecule has 0 N–H and O–H groups in total. The van der Waals surface area contributed by atoms with Gasteiger partial charge in [-0.2, -0.15) is 0 Å². The van der Waals surface area contributed by atoms with Crippen LogP contribution in [0.1, 0.15) is 109 Å². The number of hydrogen-bond acceptors (Lipinski definition) is 1. The van der Waals surface area contributed by atoms with Gasteiger partial charge in [0.25, 0.3) is 0 Å². The van der Waals surface area contributed by atoms with E-state index in [1.54, 1.807) is 0 Å². The average molecular weight is 360 g/mol. The Morgan fingerprint density at radius 1 is 0.500 bits per heavy atom. The van der Waals surface area contributed by atoms with Crippen LogP contribution in [0.3, 0.4) is 0 Å². The molecule has 149 valence electrons. The topological polar surface area (TPSA) is 9.23 Å². The summed E-state index contributed by atoms with van der Waals surface area (Å²) >= 11 is 0. The molecule has 1 rings (SSSR count). The molecular weight excluding hydrogens is 316 g/mol. The third-order valence-electron chi connectivity index (χ3n) is 5.16. The fraction of sp³-hybridized carbons (Fsp3) is 0.720. The van der Waals surface area contributed by atoms with Crippen molar-refractivity contribution in [2.75, 3.05) is 6.61 Å². The average Bonchev–Trinajstić information content (AvgIpc) is 2.68. The lowest BCUT2D eigenvalue weighted by atomic mass is 10.0. The van der Waals surface area contributed by atoms with Crippen LogP contribution in [0.25, 0.3) is 0 Å². The van der Waals surface area contributed by atoms with Crippen LogP contribution in [0.4, 0.5) is 0 Å². The van der Waals surface area contributed by atoms with Crippen molar-refractivity contribution in [3.8, 4) is 5.75 Å². The van der Waals surface area contributed by atoms with Crippen LogP contribution in [-0.2, 0) is 0 Å². The highest BCUT2D eigenvalue weighted by molar-refractivity contribution is 5.20. The summed E-state index contributed by atoms with van der Waals surface area (Å²) in [5.74, 6) is 1.00. The van der Waals surface area contributed by atoms with Crippen molar-refractivity contribution in [3.05, 3.63) is 37.3 Å². The predicted octanol–water partition coefficient (Wildman–Crippen LogP) is 8.53. The molecule has 1 aromatic carbocycles. The Morgan fingerprint density at radius 2 is 0.885 bits per heavy atom. The third kappa shape index (κ3) is 15.3. The number of rotatable bonds is 19. The summed E-state index contributed by atoms with van der Waals surface area (Å²) in [6.07, 6.45) is 23.5. The quantitative estimate of drug-likeness (QED) is 0.225. The summed E-state index contributed by atoms with van der Waals surface area (Å²) in [5.41, 5.74) is 0. The standard InChI is InChI=1S/C25H43O/c1-2-3-4-5-6-7-8-9-10-11-12-13-14-15-16-17-21-24-26-25-22-19-18-20-23-25/h18-20,22-23H,1-17,21,24H2. The number of hydrogen-bond donors (Lipinski definition) is 0. The van der Waals surface area contributed by atoms with Gasteiger partial charge in [-0.15, -0.1) is 0 Å². The van der Waals surface area contributed by atoms with Gasteiger partial charge in [0, 0.05) is 0 Å². The molecule has 1 nitrogen and oxygen atoms in total. The Balaban J connectivity index is 1.68. The van der Waals surface area contributed by atoms with Crippen LogP contribution in [0.2, 0.25) is 0 Å². The van der Waals surface area contributed by atoms with Crippen LogP contribution in [0, 0.1) is 6.92 Å². The van der Waals surface area contributed by atoms with Gasteiger partial charge in [-0.05, 0) is 18.6 Å². The van der Waals surface area contributed by atoms with Gasteiger partial charge in [0.15, 0.2) is 0 Å². The minimum absolute atomic E-state index is 0.861. The van der Waals surface area contributed by atoms with Gasteiger partial charge in [-0.3, -0.25) is 0 Å². The van der Waals surface area contributed by atoms with Gasteiger partial charge < -0.3 is 4.74 Å². The minimum Gasteiger partial charge on any atom is -0.494 e. The molecule has 0 aliphatic heterocycles. The SMILES string of the molecule is [CH2]CCCCCCCCCCCCCCCCCCOc1ccccc1. The van der Waals surface area contributed by atoms with Gasteiger partial charge in [0.2, 0.25) is 0 Å². The first-order chi connectivity index (χ1) is 12.9. The van der Waals surface area contributed by atoms with E-state index in [2.05, 4.69) is 6.92 Å². The lowest BCUT2D eigenvalue weighted by molar-refractivity contribution is 0.304. The molecule has 1 radical (unpaired) electrons. The van der Waals surface area contributed by atoms with Crippen molar-refractivity contribution in [2.45, 2.75) is 109 Å². The fourth-order valence-corrected chi connectivity index (χ4v) is 3.46. The van der Waals surface area contributed by atoms with Crippen LogP contribution in [-0.4, -0.2) is 6.61 Å². The van der Waals surface area contributed by atoms with Gasteiger partial charge in [0.05, 0.1) is 6.61 Å². The summed E-state index contributed by atoms with van der Waals surface area (Å²) in [6, 6.07) is 10.2. The van der Waals surface area contributed by atoms with Crippen LogP contribution < -0.4 is 4.74 Å². The summed E-state index contributed by atoms with van der Waals surface area (Å²) in [4.78, 5) is 0. The molecule has 0 aliphatic rings. The summed E-state index contributed by atoms with van der Waals surface area (Å²) < 4.78 is 5.73. The first-order valence-corrected chi connectivity index (χ1v) is 11.4. The van der Waals surface area contributed by atoms with E-state index in [0.29, 0.717) is 0 Å². The summed E-state index contributed by atoms with van der Waals surface area (Å²) in [6.45, 7) is 4.76. The molecule has 1 aromatic rings. The number of ether oxygens (including phenoxy) is 1. The molecule has 0 aliphatic carbocycles. The van der Waals surface area contributed by atoms with Crippen LogP contribution >= 0.6 is 0 Å². The largest absolute Gasteiger partial charge is 0.494 e. The molecule has 0 saturated carbocycles. The third-order valence-corrected chi connectivity index (χ3v) is 5.16. The van der Waals surface area contributed by atoms with Crippen molar-refractivity contribution < 1.29 is 4.74 Å². The smallest absolute Gasteiger partial charge is 0.119 e. The molecule has 0 unspecified atom stereocenters. The molecule has 0 heterocycles. The second-order valence-corrected chi connectivity index (χ2v) is 7.67. The lowest BCUT2D eigenvalue weighted by Gasteiger charge is -2.06. The number of unbranched alkanes of at least 4 members (excludes halogenated alkanes) is 16. The van der Waals surface area contributed by atoms with Crippen molar-refractivity contribution >= 4 is 0 Å². The van der Waals surface area contributed by atoms with Crippen molar-refractivity contribution in [1.29, 1.82) is 0 Å². The molecule has 0 spiro atoms. The Bertz CT molecular complexity index is 373. The van der Waals surface area contributed by atoms with Gasteiger partial charge in [-0.25, -0.2) is 0 Å². The Morgan fingerprint density at radius 3 is 1.31 bits per heavy atom. The molecule has 0 aromatic heterocycles. The Labute approximate surface area is 163 Å². The lowest BCUT2D eigenvalue weighted by Crippen LogP contribution is -1.96. The van der Waals surface area contributed by atoms with E-state index in [0.717, 1.165) is 18.8 Å². The molecule has 26 heavy (non-hydrogen) atoms. The zero-order valence-corrected chi connectivity index (χ0v) is 17.2. The van der Waals surface area contributed by atoms with E-state index in [1.165, 1.54) is 103 Å². The Kier molecular flexibility index (Phi) is 16.7. The first kappa shape index (κ1) is 23.1. The van der Waals surface area contributed by atoms with Crippen molar-refractivity contribution in [1.82, 2.24) is 0 Å². The molecule has 0 bridgehead atoms. The summed E-state index contributed by atoms with van der Waals surface area (Å²) in [5, 5.41) is 0. The molecule has 0 amide bonds. The predicted molar refractivity (Wildman–Crippen MR) is 116 cm³/mol. The van der Waals surface area contributed by atoms with Gasteiger partial charge in [-0.1, -0.05) is 128 Å². The number of para-hydroxylation sites is 1. The van der Waals surface area contributed by atoms with Crippen molar-refractivity contribution in [2.24, 2.45) is 0 Å². The second kappa shape index (κ2) is 18.8. The van der Waals surface area contributed by atoms with E-state index < -0.39 is 0 Å².